The van der Waals surface area contributed by atoms with Gasteiger partial charge in [0.2, 0.25) is 0 Å². The van der Waals surface area contributed by atoms with E-state index in [9.17, 15) is 4.79 Å². The molecule has 1 N–H and O–H groups in total. The van der Waals surface area contributed by atoms with E-state index in [4.69, 9.17) is 0 Å². The van der Waals surface area contributed by atoms with Gasteiger partial charge in [0.15, 0.2) is 0 Å². The molecule has 2 fully saturated rings. The van der Waals surface area contributed by atoms with Crippen molar-refractivity contribution in [1.82, 2.24) is 10.2 Å². The molecular weight excluding hydrogens is 280 g/mol. The van der Waals surface area contributed by atoms with E-state index in [2.05, 4.69) is 29.3 Å². The zero-order valence-corrected chi connectivity index (χ0v) is 13.5. The van der Waals surface area contributed by atoms with Crippen molar-refractivity contribution in [3.8, 4) is 0 Å². The maximum atomic E-state index is 12.8. The zero-order valence-electron chi connectivity index (χ0n) is 12.7. The first-order valence-corrected chi connectivity index (χ1v) is 9.15. The average Bonchev–Trinajstić information content (AvgIpc) is 2.78. The quantitative estimate of drug-likeness (QED) is 0.928. The number of carbonyl (C=O) groups is 1. The van der Waals surface area contributed by atoms with Crippen LogP contribution in [0.4, 0.5) is 0 Å². The van der Waals surface area contributed by atoms with Gasteiger partial charge in [-0.3, -0.25) is 4.79 Å². The van der Waals surface area contributed by atoms with Crippen molar-refractivity contribution in [2.24, 2.45) is 0 Å². The molecule has 0 aliphatic carbocycles. The first-order chi connectivity index (χ1) is 10.3. The van der Waals surface area contributed by atoms with E-state index in [0.717, 1.165) is 43.0 Å². The largest absolute Gasteiger partial charge is 0.331 e. The molecule has 2 aliphatic rings. The van der Waals surface area contributed by atoms with Crippen LogP contribution < -0.4 is 5.32 Å². The van der Waals surface area contributed by atoms with Gasteiger partial charge < -0.3 is 10.2 Å². The van der Waals surface area contributed by atoms with Gasteiger partial charge in [-0.2, -0.15) is 11.8 Å². The summed E-state index contributed by atoms with van der Waals surface area (Å²) in [6.45, 7) is 4.16. The van der Waals surface area contributed by atoms with Crippen LogP contribution in [0.3, 0.4) is 0 Å². The van der Waals surface area contributed by atoms with Gasteiger partial charge in [-0.15, -0.1) is 0 Å². The summed E-state index contributed by atoms with van der Waals surface area (Å²) < 4.78 is 0. The van der Waals surface area contributed by atoms with E-state index in [1.807, 2.05) is 23.9 Å². The molecule has 114 valence electrons. The summed E-state index contributed by atoms with van der Waals surface area (Å²) in [6.07, 6.45) is 3.41. The van der Waals surface area contributed by atoms with Gasteiger partial charge in [0.05, 0.1) is 0 Å². The number of nitrogens with one attached hydrogen (secondary N) is 1. The maximum Gasteiger partial charge on any atom is 0.254 e. The van der Waals surface area contributed by atoms with Gasteiger partial charge in [-0.25, -0.2) is 0 Å². The number of hydrogen-bond donors (Lipinski definition) is 1. The molecule has 4 heteroatoms. The van der Waals surface area contributed by atoms with E-state index in [-0.39, 0.29) is 5.91 Å². The second-order valence-corrected chi connectivity index (χ2v) is 7.20. The number of amides is 1. The van der Waals surface area contributed by atoms with Crippen LogP contribution in [-0.2, 0) is 5.75 Å². The Bertz CT molecular complexity index is 474. The fourth-order valence-electron chi connectivity index (χ4n) is 3.43. The predicted molar refractivity (Wildman–Crippen MR) is 88.7 cm³/mol. The molecule has 2 saturated heterocycles. The third kappa shape index (κ3) is 3.27. The Morgan fingerprint density at radius 3 is 2.76 bits per heavy atom. The predicted octanol–water partition coefficient (Wildman–Crippen LogP) is 2.91. The van der Waals surface area contributed by atoms with Crippen LogP contribution in [0.2, 0.25) is 0 Å². The number of rotatable bonds is 4. The Morgan fingerprint density at radius 1 is 1.24 bits per heavy atom. The number of benzene rings is 1. The molecule has 3 nitrogen and oxygen atoms in total. The van der Waals surface area contributed by atoms with Gasteiger partial charge in [-0.1, -0.05) is 19.1 Å². The van der Waals surface area contributed by atoms with Gasteiger partial charge in [0.25, 0.3) is 5.91 Å². The highest BCUT2D eigenvalue weighted by molar-refractivity contribution is 7.98. The average molecular weight is 304 g/mol. The molecule has 0 radical (unpaired) electrons. The van der Waals surface area contributed by atoms with Gasteiger partial charge in [0, 0.05) is 29.9 Å². The Hall–Kier alpha value is -1.00. The van der Waals surface area contributed by atoms with Crippen LogP contribution in [0, 0.1) is 0 Å². The Balaban J connectivity index is 1.72. The molecule has 2 bridgehead atoms. The van der Waals surface area contributed by atoms with E-state index < -0.39 is 0 Å². The Morgan fingerprint density at radius 2 is 2.00 bits per heavy atom. The van der Waals surface area contributed by atoms with Gasteiger partial charge >= 0.3 is 0 Å². The summed E-state index contributed by atoms with van der Waals surface area (Å²) in [5.41, 5.74) is 2.15. The van der Waals surface area contributed by atoms with Gasteiger partial charge in [0.1, 0.15) is 0 Å². The zero-order chi connectivity index (χ0) is 14.7. The topological polar surface area (TPSA) is 32.3 Å². The maximum absolute atomic E-state index is 12.8. The summed E-state index contributed by atoms with van der Waals surface area (Å²) in [6, 6.07) is 9.05. The fraction of sp³-hybridized carbons (Fsp3) is 0.588. The highest BCUT2D eigenvalue weighted by Gasteiger charge is 2.38. The standard InChI is InChI=1S/C17H24N2OS/c1-2-21-12-13-3-5-14(6-4-13)17(20)19-15-7-8-16(19)11-18-10-9-15/h3-6,15-16,18H,2,7-12H2,1H3. The minimum atomic E-state index is 0.223. The third-order valence-electron chi connectivity index (χ3n) is 4.56. The van der Waals surface area contributed by atoms with Crippen molar-refractivity contribution in [1.29, 1.82) is 0 Å². The van der Waals surface area contributed by atoms with Crippen molar-refractivity contribution < 1.29 is 4.79 Å². The van der Waals surface area contributed by atoms with Gasteiger partial charge in [-0.05, 0) is 49.3 Å². The molecule has 3 rings (SSSR count). The monoisotopic (exact) mass is 304 g/mol. The molecule has 0 saturated carbocycles. The number of thioether (sulfide) groups is 1. The van der Waals surface area contributed by atoms with Crippen LogP contribution in [0.5, 0.6) is 0 Å². The third-order valence-corrected chi connectivity index (χ3v) is 5.51. The highest BCUT2D eigenvalue weighted by atomic mass is 32.2. The molecule has 0 spiro atoms. The van der Waals surface area contributed by atoms with E-state index in [1.165, 1.54) is 12.0 Å². The lowest BCUT2D eigenvalue weighted by molar-refractivity contribution is 0.0680. The minimum Gasteiger partial charge on any atom is -0.331 e. The van der Waals surface area contributed by atoms with Crippen molar-refractivity contribution >= 4 is 17.7 Å². The first-order valence-electron chi connectivity index (χ1n) is 7.99. The first kappa shape index (κ1) is 14.9. The summed E-state index contributed by atoms with van der Waals surface area (Å²) in [4.78, 5) is 15.0. The van der Waals surface area contributed by atoms with Crippen LogP contribution in [0.1, 0.15) is 42.1 Å². The molecule has 2 unspecified atom stereocenters. The molecule has 2 aliphatic heterocycles. The molecule has 1 amide bonds. The summed E-state index contributed by atoms with van der Waals surface area (Å²) in [7, 11) is 0. The van der Waals surface area contributed by atoms with Crippen molar-refractivity contribution in [2.45, 2.75) is 44.0 Å². The van der Waals surface area contributed by atoms with Crippen LogP contribution in [0.15, 0.2) is 24.3 Å². The normalized spacial score (nSPS) is 24.9. The van der Waals surface area contributed by atoms with E-state index in [0.29, 0.717) is 12.1 Å². The molecule has 21 heavy (non-hydrogen) atoms. The van der Waals surface area contributed by atoms with Crippen LogP contribution >= 0.6 is 11.8 Å². The molecule has 2 atom stereocenters. The SMILES string of the molecule is CCSCc1ccc(C(=O)N2C3CCNCC2CC3)cc1. The second-order valence-electron chi connectivity index (χ2n) is 5.92. The second kappa shape index (κ2) is 6.84. The molecule has 0 aromatic heterocycles. The Labute approximate surface area is 131 Å². The fourth-order valence-corrected chi connectivity index (χ4v) is 4.06. The summed E-state index contributed by atoms with van der Waals surface area (Å²) >= 11 is 1.91. The highest BCUT2D eigenvalue weighted by Crippen LogP contribution is 2.29. The lowest BCUT2D eigenvalue weighted by atomic mass is 10.1. The minimum absolute atomic E-state index is 0.223. The number of nitrogens with zero attached hydrogens (tertiary/aromatic N) is 1. The summed E-state index contributed by atoms with van der Waals surface area (Å²) in [5.74, 6) is 2.38. The van der Waals surface area contributed by atoms with Crippen LogP contribution in [-0.4, -0.2) is 41.7 Å². The summed E-state index contributed by atoms with van der Waals surface area (Å²) in [5, 5.41) is 3.45. The van der Waals surface area contributed by atoms with Crippen molar-refractivity contribution in [3.05, 3.63) is 35.4 Å². The number of hydrogen-bond acceptors (Lipinski definition) is 3. The lowest BCUT2D eigenvalue weighted by Gasteiger charge is -2.28. The van der Waals surface area contributed by atoms with Crippen molar-refractivity contribution in [2.75, 3.05) is 18.8 Å². The molecule has 1 aromatic carbocycles. The van der Waals surface area contributed by atoms with E-state index >= 15 is 0 Å². The van der Waals surface area contributed by atoms with Crippen LogP contribution in [0.25, 0.3) is 0 Å². The molecular formula is C17H24N2OS. The Kier molecular flexibility index (Phi) is 4.86. The van der Waals surface area contributed by atoms with E-state index in [1.54, 1.807) is 0 Å². The number of fused-ring (bicyclic) bond motifs is 2. The number of carbonyl (C=O) groups excluding carboxylic acids is 1. The van der Waals surface area contributed by atoms with Crippen molar-refractivity contribution in [3.63, 3.8) is 0 Å². The molecule has 1 aromatic rings. The molecule has 2 heterocycles. The smallest absolute Gasteiger partial charge is 0.254 e. The lowest BCUT2D eigenvalue weighted by Crippen LogP contribution is -2.42.